The number of hydrogen-bond donors (Lipinski definition) is 1. The third-order valence-corrected chi connectivity index (χ3v) is 6.42. The highest BCUT2D eigenvalue weighted by atomic mass is 35.5. The summed E-state index contributed by atoms with van der Waals surface area (Å²) in [6.07, 6.45) is 9.12. The number of carbonyl (C=O) groups is 1. The van der Waals surface area contributed by atoms with Crippen LogP contribution in [0.25, 0.3) is 0 Å². The molecule has 1 aromatic rings. The Bertz CT molecular complexity index is 708. The molecule has 154 valence electrons. The lowest BCUT2D eigenvalue weighted by molar-refractivity contribution is 0.0497. The highest BCUT2D eigenvalue weighted by molar-refractivity contribution is 7.89. The molecule has 0 bridgehead atoms. The Morgan fingerprint density at radius 1 is 0.963 bits per heavy atom. The summed E-state index contributed by atoms with van der Waals surface area (Å²) in [5, 5.41) is 0.0249. The number of unbranched alkanes of at least 4 members (excludes halogenated alkanes) is 7. The topological polar surface area (TPSA) is 72.5 Å². The van der Waals surface area contributed by atoms with Gasteiger partial charge in [0.05, 0.1) is 22.2 Å². The van der Waals surface area contributed by atoms with Crippen LogP contribution in [-0.4, -0.2) is 27.5 Å². The molecule has 0 radical (unpaired) electrons. The van der Waals surface area contributed by atoms with Gasteiger partial charge in [0.25, 0.3) is 0 Å². The Kier molecular flexibility index (Phi) is 11.3. The molecular formula is C19H29Cl2NO4S. The Balaban J connectivity index is 2.55. The van der Waals surface area contributed by atoms with Crippen molar-refractivity contribution in [2.24, 2.45) is 0 Å². The molecule has 5 nitrogen and oxygen atoms in total. The molecule has 0 amide bonds. The van der Waals surface area contributed by atoms with Crippen LogP contribution in [0.3, 0.4) is 0 Å². The summed E-state index contributed by atoms with van der Waals surface area (Å²) in [5.74, 6) is -0.646. The standard InChI is InChI=1S/C19H29Cl2NO4S/c1-3-5-6-7-8-9-10-11-12-26-19(23)15-13-18(17(21)14-16(15)20)27(24,25)22-4-2/h13-14,22H,3-12H2,1-2H3. The van der Waals surface area contributed by atoms with Gasteiger partial charge in [-0.25, -0.2) is 17.9 Å². The third-order valence-electron chi connectivity index (χ3n) is 4.10. The predicted octanol–water partition coefficient (Wildman–Crippen LogP) is 5.59. The van der Waals surface area contributed by atoms with Crippen molar-refractivity contribution in [3.8, 4) is 0 Å². The maximum Gasteiger partial charge on any atom is 0.339 e. The Morgan fingerprint density at radius 3 is 2.15 bits per heavy atom. The van der Waals surface area contributed by atoms with E-state index in [2.05, 4.69) is 11.6 Å². The normalized spacial score (nSPS) is 11.6. The Hall–Kier alpha value is -0.820. The third kappa shape index (κ3) is 8.38. The van der Waals surface area contributed by atoms with Crippen molar-refractivity contribution in [2.45, 2.75) is 70.1 Å². The zero-order chi connectivity index (χ0) is 20.3. The number of rotatable bonds is 13. The minimum absolute atomic E-state index is 0.00268. The molecule has 8 heteroatoms. The maximum absolute atomic E-state index is 12.3. The fraction of sp³-hybridized carbons (Fsp3) is 0.632. The van der Waals surface area contributed by atoms with Crippen molar-refractivity contribution < 1.29 is 17.9 Å². The van der Waals surface area contributed by atoms with Crippen molar-refractivity contribution in [3.05, 3.63) is 27.7 Å². The van der Waals surface area contributed by atoms with E-state index in [9.17, 15) is 13.2 Å². The first-order chi connectivity index (χ1) is 12.8. The first-order valence-corrected chi connectivity index (χ1v) is 11.7. The van der Waals surface area contributed by atoms with Crippen molar-refractivity contribution in [1.82, 2.24) is 4.72 Å². The lowest BCUT2D eigenvalue weighted by atomic mass is 10.1. The maximum atomic E-state index is 12.3. The van der Waals surface area contributed by atoms with Gasteiger partial charge in [-0.2, -0.15) is 0 Å². The van der Waals surface area contributed by atoms with E-state index in [-0.39, 0.29) is 33.7 Å². The number of esters is 1. The summed E-state index contributed by atoms with van der Waals surface area (Å²) in [5.41, 5.74) is -0.00268. The monoisotopic (exact) mass is 437 g/mol. The largest absolute Gasteiger partial charge is 0.462 e. The van der Waals surface area contributed by atoms with Crippen LogP contribution in [0, 0.1) is 0 Å². The van der Waals surface area contributed by atoms with Gasteiger partial charge in [-0.3, -0.25) is 0 Å². The van der Waals surface area contributed by atoms with E-state index in [1.165, 1.54) is 44.2 Å². The summed E-state index contributed by atoms with van der Waals surface area (Å²) in [7, 11) is -3.80. The highest BCUT2D eigenvalue weighted by Gasteiger charge is 2.22. The number of hydrogen-bond acceptors (Lipinski definition) is 4. The minimum Gasteiger partial charge on any atom is -0.462 e. The molecule has 0 saturated carbocycles. The second-order valence-electron chi connectivity index (χ2n) is 6.37. The van der Waals surface area contributed by atoms with Crippen LogP contribution in [0.2, 0.25) is 10.0 Å². The Labute approximate surface area is 172 Å². The van der Waals surface area contributed by atoms with Gasteiger partial charge < -0.3 is 4.74 Å². The molecule has 0 aromatic heterocycles. The first kappa shape index (κ1) is 24.2. The molecule has 1 N–H and O–H groups in total. The molecule has 0 aliphatic heterocycles. The van der Waals surface area contributed by atoms with Gasteiger partial charge in [0.2, 0.25) is 10.0 Å². The smallest absolute Gasteiger partial charge is 0.339 e. The molecule has 0 unspecified atom stereocenters. The van der Waals surface area contributed by atoms with Crippen LogP contribution in [0.15, 0.2) is 17.0 Å². The number of nitrogens with one attached hydrogen (secondary N) is 1. The molecule has 0 aliphatic rings. The number of halogens is 2. The molecule has 1 rings (SSSR count). The zero-order valence-corrected chi connectivity index (χ0v) is 18.4. The van der Waals surface area contributed by atoms with Gasteiger partial charge in [-0.15, -0.1) is 0 Å². The molecule has 1 aromatic carbocycles. The van der Waals surface area contributed by atoms with Crippen LogP contribution in [0.5, 0.6) is 0 Å². The summed E-state index contributed by atoms with van der Waals surface area (Å²) in [4.78, 5) is 12.1. The van der Waals surface area contributed by atoms with E-state index in [1.54, 1.807) is 6.92 Å². The van der Waals surface area contributed by atoms with Gasteiger partial charge in [-0.05, 0) is 18.6 Å². The fourth-order valence-electron chi connectivity index (χ4n) is 2.64. The quantitative estimate of drug-likeness (QED) is 0.322. The van der Waals surface area contributed by atoms with Crippen LogP contribution in [0.4, 0.5) is 0 Å². The second-order valence-corrected chi connectivity index (χ2v) is 8.92. The van der Waals surface area contributed by atoms with Crippen LogP contribution < -0.4 is 4.72 Å². The molecule has 27 heavy (non-hydrogen) atoms. The van der Waals surface area contributed by atoms with Crippen molar-refractivity contribution in [1.29, 1.82) is 0 Å². The number of sulfonamides is 1. The van der Waals surface area contributed by atoms with E-state index >= 15 is 0 Å². The number of benzene rings is 1. The summed E-state index contributed by atoms with van der Waals surface area (Å²) in [6.45, 7) is 4.34. The van der Waals surface area contributed by atoms with E-state index in [0.29, 0.717) is 0 Å². The highest BCUT2D eigenvalue weighted by Crippen LogP contribution is 2.29. The summed E-state index contributed by atoms with van der Waals surface area (Å²) >= 11 is 12.0. The molecule has 0 saturated heterocycles. The van der Waals surface area contributed by atoms with Gasteiger partial charge in [0.1, 0.15) is 4.90 Å². The average molecular weight is 438 g/mol. The molecule has 0 fully saturated rings. The average Bonchev–Trinajstić information content (AvgIpc) is 2.59. The van der Waals surface area contributed by atoms with Gasteiger partial charge in [0.15, 0.2) is 0 Å². The Morgan fingerprint density at radius 2 is 1.56 bits per heavy atom. The van der Waals surface area contributed by atoms with E-state index < -0.39 is 16.0 Å². The summed E-state index contributed by atoms with van der Waals surface area (Å²) in [6, 6.07) is 2.42. The molecule has 0 spiro atoms. The minimum atomic E-state index is -3.80. The van der Waals surface area contributed by atoms with E-state index in [1.807, 2.05) is 0 Å². The fourth-order valence-corrected chi connectivity index (χ4v) is 4.53. The van der Waals surface area contributed by atoms with Crippen molar-refractivity contribution in [2.75, 3.05) is 13.2 Å². The number of carbonyl (C=O) groups excluding carboxylic acids is 1. The van der Waals surface area contributed by atoms with E-state index in [4.69, 9.17) is 27.9 Å². The zero-order valence-electron chi connectivity index (χ0n) is 16.0. The molecule has 0 atom stereocenters. The lowest BCUT2D eigenvalue weighted by Crippen LogP contribution is -2.24. The molecule has 0 aliphatic carbocycles. The van der Waals surface area contributed by atoms with Crippen LogP contribution in [0.1, 0.15) is 75.6 Å². The van der Waals surface area contributed by atoms with Gasteiger partial charge in [0, 0.05) is 6.54 Å². The molecular weight excluding hydrogens is 409 g/mol. The van der Waals surface area contributed by atoms with E-state index in [0.717, 1.165) is 19.3 Å². The van der Waals surface area contributed by atoms with Crippen molar-refractivity contribution in [3.63, 3.8) is 0 Å². The molecule has 0 heterocycles. The van der Waals surface area contributed by atoms with Crippen molar-refractivity contribution >= 4 is 39.2 Å². The number of ether oxygens (including phenoxy) is 1. The van der Waals surface area contributed by atoms with Gasteiger partial charge in [-0.1, -0.05) is 82.0 Å². The van der Waals surface area contributed by atoms with Gasteiger partial charge >= 0.3 is 5.97 Å². The lowest BCUT2D eigenvalue weighted by Gasteiger charge is -2.11. The first-order valence-electron chi connectivity index (χ1n) is 9.49. The summed E-state index contributed by atoms with van der Waals surface area (Å²) < 4.78 is 31.9. The predicted molar refractivity (Wildman–Crippen MR) is 110 cm³/mol. The SMILES string of the molecule is CCCCCCCCCCOC(=O)c1cc(S(=O)(=O)NCC)c(Cl)cc1Cl. The van der Waals surface area contributed by atoms with Crippen LogP contribution >= 0.6 is 23.2 Å². The second kappa shape index (κ2) is 12.6. The van der Waals surface area contributed by atoms with Crippen LogP contribution in [-0.2, 0) is 14.8 Å².